The van der Waals surface area contributed by atoms with Crippen LogP contribution in [0.3, 0.4) is 0 Å². The van der Waals surface area contributed by atoms with Gasteiger partial charge in [-0.25, -0.2) is 8.78 Å². The van der Waals surface area contributed by atoms with E-state index in [1.807, 2.05) is 6.07 Å². The Bertz CT molecular complexity index is 599. The standard InChI is InChI=1S/C15H14ClF2N/c1-9-5-6-12(17)14(15(9)18)13(19)8-10-3-2-4-11(16)7-10/h2-7,13H,8,19H2,1H3. The molecule has 4 heteroatoms. The van der Waals surface area contributed by atoms with Gasteiger partial charge in [0.1, 0.15) is 11.6 Å². The van der Waals surface area contributed by atoms with Gasteiger partial charge in [0.15, 0.2) is 0 Å². The third kappa shape index (κ3) is 3.11. The minimum Gasteiger partial charge on any atom is -0.323 e. The Balaban J connectivity index is 2.30. The molecule has 0 saturated heterocycles. The third-order valence-corrected chi connectivity index (χ3v) is 3.27. The Kier molecular flexibility index (Phi) is 4.17. The van der Waals surface area contributed by atoms with Crippen molar-refractivity contribution >= 4 is 11.6 Å². The van der Waals surface area contributed by atoms with E-state index in [1.165, 1.54) is 12.1 Å². The SMILES string of the molecule is Cc1ccc(F)c(C(N)Cc2cccc(Cl)c2)c1F. The third-order valence-electron chi connectivity index (χ3n) is 3.04. The maximum Gasteiger partial charge on any atom is 0.133 e. The molecule has 0 aliphatic rings. The molecule has 1 atom stereocenters. The van der Waals surface area contributed by atoms with Gasteiger partial charge in [0.2, 0.25) is 0 Å². The molecule has 2 aromatic carbocycles. The van der Waals surface area contributed by atoms with Crippen molar-refractivity contribution in [1.29, 1.82) is 0 Å². The van der Waals surface area contributed by atoms with E-state index in [0.717, 1.165) is 5.56 Å². The molecule has 0 radical (unpaired) electrons. The van der Waals surface area contributed by atoms with Crippen molar-refractivity contribution < 1.29 is 8.78 Å². The summed E-state index contributed by atoms with van der Waals surface area (Å²) in [7, 11) is 0. The van der Waals surface area contributed by atoms with Crippen LogP contribution in [-0.2, 0) is 6.42 Å². The van der Waals surface area contributed by atoms with E-state index in [4.69, 9.17) is 17.3 Å². The molecule has 0 bridgehead atoms. The summed E-state index contributed by atoms with van der Waals surface area (Å²) in [5.74, 6) is -1.19. The normalized spacial score (nSPS) is 12.5. The van der Waals surface area contributed by atoms with Gasteiger partial charge in [-0.3, -0.25) is 0 Å². The molecule has 0 saturated carbocycles. The fourth-order valence-electron chi connectivity index (χ4n) is 2.04. The molecule has 0 fully saturated rings. The van der Waals surface area contributed by atoms with Crippen LogP contribution in [0.2, 0.25) is 5.02 Å². The Morgan fingerprint density at radius 1 is 1.21 bits per heavy atom. The van der Waals surface area contributed by atoms with Crippen LogP contribution in [0.25, 0.3) is 0 Å². The lowest BCUT2D eigenvalue weighted by atomic mass is 9.97. The summed E-state index contributed by atoms with van der Waals surface area (Å²) in [6.45, 7) is 1.59. The molecule has 2 N–H and O–H groups in total. The van der Waals surface area contributed by atoms with E-state index in [1.54, 1.807) is 25.1 Å². The summed E-state index contributed by atoms with van der Waals surface area (Å²) < 4.78 is 27.7. The lowest BCUT2D eigenvalue weighted by Gasteiger charge is -2.15. The zero-order valence-corrected chi connectivity index (χ0v) is 11.2. The number of rotatable bonds is 3. The van der Waals surface area contributed by atoms with E-state index < -0.39 is 17.7 Å². The summed E-state index contributed by atoms with van der Waals surface area (Å²) in [5.41, 5.74) is 7.09. The number of hydrogen-bond acceptors (Lipinski definition) is 1. The average Bonchev–Trinajstić information content (AvgIpc) is 2.34. The van der Waals surface area contributed by atoms with E-state index in [9.17, 15) is 8.78 Å². The van der Waals surface area contributed by atoms with Gasteiger partial charge < -0.3 is 5.73 Å². The molecular formula is C15H14ClF2N. The van der Waals surface area contributed by atoms with Crippen LogP contribution in [0.5, 0.6) is 0 Å². The van der Waals surface area contributed by atoms with Gasteiger partial charge in [-0.15, -0.1) is 0 Å². The highest BCUT2D eigenvalue weighted by Crippen LogP contribution is 2.25. The molecule has 2 aromatic rings. The lowest BCUT2D eigenvalue weighted by molar-refractivity contribution is 0.520. The van der Waals surface area contributed by atoms with Crippen molar-refractivity contribution in [3.8, 4) is 0 Å². The highest BCUT2D eigenvalue weighted by atomic mass is 35.5. The first-order valence-electron chi connectivity index (χ1n) is 5.93. The number of benzene rings is 2. The second-order valence-electron chi connectivity index (χ2n) is 4.53. The minimum atomic E-state index is -0.738. The van der Waals surface area contributed by atoms with Gasteiger partial charge in [0.05, 0.1) is 0 Å². The number of halogens is 3. The molecule has 1 unspecified atom stereocenters. The summed E-state index contributed by atoms with van der Waals surface area (Å²) in [4.78, 5) is 0. The Morgan fingerprint density at radius 2 is 1.95 bits per heavy atom. The summed E-state index contributed by atoms with van der Waals surface area (Å²) in [6, 6.07) is 9.01. The Hall–Kier alpha value is -1.45. The Morgan fingerprint density at radius 3 is 2.63 bits per heavy atom. The maximum atomic E-state index is 13.9. The van der Waals surface area contributed by atoms with Crippen LogP contribution in [0, 0.1) is 18.6 Å². The average molecular weight is 282 g/mol. The largest absolute Gasteiger partial charge is 0.323 e. The van der Waals surface area contributed by atoms with Gasteiger partial charge >= 0.3 is 0 Å². The highest BCUT2D eigenvalue weighted by Gasteiger charge is 2.18. The smallest absolute Gasteiger partial charge is 0.133 e. The lowest BCUT2D eigenvalue weighted by Crippen LogP contribution is -2.17. The molecule has 0 heterocycles. The van der Waals surface area contributed by atoms with Crippen LogP contribution >= 0.6 is 11.6 Å². The zero-order valence-electron chi connectivity index (χ0n) is 10.5. The van der Waals surface area contributed by atoms with Gasteiger partial charge in [-0.2, -0.15) is 0 Å². The quantitative estimate of drug-likeness (QED) is 0.898. The van der Waals surface area contributed by atoms with Crippen LogP contribution in [0.1, 0.15) is 22.7 Å². The zero-order chi connectivity index (χ0) is 14.0. The topological polar surface area (TPSA) is 26.0 Å². The van der Waals surface area contributed by atoms with E-state index in [-0.39, 0.29) is 5.56 Å². The van der Waals surface area contributed by atoms with E-state index in [2.05, 4.69) is 0 Å². The van der Waals surface area contributed by atoms with Crippen molar-refractivity contribution in [3.05, 3.63) is 69.7 Å². The van der Waals surface area contributed by atoms with E-state index in [0.29, 0.717) is 17.0 Å². The summed E-state index contributed by atoms with van der Waals surface area (Å²) in [6.07, 6.45) is 0.331. The number of hydrogen-bond donors (Lipinski definition) is 1. The van der Waals surface area contributed by atoms with Crippen molar-refractivity contribution in [2.45, 2.75) is 19.4 Å². The molecule has 0 spiro atoms. The minimum absolute atomic E-state index is 0.0695. The number of nitrogens with two attached hydrogens (primary N) is 1. The highest BCUT2D eigenvalue weighted by molar-refractivity contribution is 6.30. The van der Waals surface area contributed by atoms with Gasteiger partial charge in [0.25, 0.3) is 0 Å². The van der Waals surface area contributed by atoms with Crippen molar-refractivity contribution in [2.24, 2.45) is 5.73 Å². The van der Waals surface area contributed by atoms with Crippen LogP contribution in [0.4, 0.5) is 8.78 Å². The molecule has 1 nitrogen and oxygen atoms in total. The van der Waals surface area contributed by atoms with E-state index >= 15 is 0 Å². The molecule has 2 rings (SSSR count). The van der Waals surface area contributed by atoms with Gasteiger partial charge in [-0.05, 0) is 42.7 Å². The first-order chi connectivity index (χ1) is 8.99. The fraction of sp³-hybridized carbons (Fsp3) is 0.200. The molecule has 19 heavy (non-hydrogen) atoms. The monoisotopic (exact) mass is 281 g/mol. The Labute approximate surface area is 116 Å². The van der Waals surface area contributed by atoms with Crippen LogP contribution in [0.15, 0.2) is 36.4 Å². The van der Waals surface area contributed by atoms with Crippen LogP contribution < -0.4 is 5.73 Å². The van der Waals surface area contributed by atoms with Gasteiger partial charge in [0, 0.05) is 16.6 Å². The first kappa shape index (κ1) is 14.0. The second kappa shape index (κ2) is 5.68. The molecule has 0 aromatic heterocycles. The number of aryl methyl sites for hydroxylation is 1. The fourth-order valence-corrected chi connectivity index (χ4v) is 2.25. The first-order valence-corrected chi connectivity index (χ1v) is 6.31. The molecule has 0 aliphatic heterocycles. The van der Waals surface area contributed by atoms with Crippen molar-refractivity contribution in [3.63, 3.8) is 0 Å². The van der Waals surface area contributed by atoms with Crippen LogP contribution in [-0.4, -0.2) is 0 Å². The molecule has 0 aliphatic carbocycles. The van der Waals surface area contributed by atoms with Gasteiger partial charge in [-0.1, -0.05) is 29.8 Å². The predicted octanol–water partition coefficient (Wildman–Crippen LogP) is 4.17. The maximum absolute atomic E-state index is 13.9. The van der Waals surface area contributed by atoms with Crippen molar-refractivity contribution in [2.75, 3.05) is 0 Å². The molecular weight excluding hydrogens is 268 g/mol. The summed E-state index contributed by atoms with van der Waals surface area (Å²) >= 11 is 5.87. The molecule has 100 valence electrons. The molecule has 0 amide bonds. The second-order valence-corrected chi connectivity index (χ2v) is 4.97. The summed E-state index contributed by atoms with van der Waals surface area (Å²) in [5, 5.41) is 0.579. The predicted molar refractivity (Wildman–Crippen MR) is 73.2 cm³/mol. The van der Waals surface area contributed by atoms with Crippen molar-refractivity contribution in [1.82, 2.24) is 0 Å².